The van der Waals surface area contributed by atoms with Crippen LogP contribution in [0.15, 0.2) is 34.9 Å². The van der Waals surface area contributed by atoms with Crippen LogP contribution in [0.5, 0.6) is 5.75 Å². The summed E-state index contributed by atoms with van der Waals surface area (Å²) in [6.07, 6.45) is 0. The van der Waals surface area contributed by atoms with E-state index >= 15 is 0 Å². The second-order valence-corrected chi connectivity index (χ2v) is 4.38. The SMILES string of the molecule is CCOc1ccccc1C(=O)OCC(=O)Nc1cc(C)on1. The zero-order chi connectivity index (χ0) is 15.9. The number of esters is 1. The van der Waals surface area contributed by atoms with Crippen LogP contribution < -0.4 is 10.1 Å². The first-order chi connectivity index (χ1) is 10.6. The molecule has 0 aliphatic heterocycles. The van der Waals surface area contributed by atoms with Crippen molar-refractivity contribution in [2.24, 2.45) is 0 Å². The van der Waals surface area contributed by atoms with E-state index in [1.54, 1.807) is 37.3 Å². The van der Waals surface area contributed by atoms with Crippen molar-refractivity contribution in [1.82, 2.24) is 5.16 Å². The van der Waals surface area contributed by atoms with Crippen LogP contribution in [-0.2, 0) is 9.53 Å². The number of benzene rings is 1. The van der Waals surface area contributed by atoms with Crippen molar-refractivity contribution in [2.75, 3.05) is 18.5 Å². The predicted molar refractivity (Wildman–Crippen MR) is 77.8 cm³/mol. The lowest BCUT2D eigenvalue weighted by atomic mass is 10.2. The first-order valence-electron chi connectivity index (χ1n) is 6.72. The van der Waals surface area contributed by atoms with Crippen molar-refractivity contribution in [3.63, 3.8) is 0 Å². The number of anilines is 1. The molecule has 0 saturated carbocycles. The zero-order valence-electron chi connectivity index (χ0n) is 12.3. The van der Waals surface area contributed by atoms with Gasteiger partial charge in [0.1, 0.15) is 17.1 Å². The summed E-state index contributed by atoms with van der Waals surface area (Å²) >= 11 is 0. The topological polar surface area (TPSA) is 90.7 Å². The smallest absolute Gasteiger partial charge is 0.342 e. The standard InChI is InChI=1S/C15H16N2O5/c1-3-20-12-7-5-4-6-11(12)15(19)21-9-14(18)16-13-8-10(2)22-17-13/h4-8H,3,9H2,1-2H3,(H,16,17,18). The Bertz CT molecular complexity index is 665. The van der Waals surface area contributed by atoms with Crippen molar-refractivity contribution in [3.8, 4) is 5.75 Å². The quantitative estimate of drug-likeness (QED) is 0.823. The minimum absolute atomic E-state index is 0.272. The zero-order valence-corrected chi connectivity index (χ0v) is 12.3. The number of rotatable bonds is 6. The van der Waals surface area contributed by atoms with Crippen LogP contribution in [0.2, 0.25) is 0 Å². The molecule has 0 atom stereocenters. The highest BCUT2D eigenvalue weighted by Crippen LogP contribution is 2.18. The van der Waals surface area contributed by atoms with Gasteiger partial charge < -0.3 is 19.3 Å². The Morgan fingerprint density at radius 3 is 2.77 bits per heavy atom. The summed E-state index contributed by atoms with van der Waals surface area (Å²) in [5.41, 5.74) is 0.273. The van der Waals surface area contributed by atoms with Gasteiger partial charge in [-0.2, -0.15) is 0 Å². The summed E-state index contributed by atoms with van der Waals surface area (Å²) in [5, 5.41) is 6.07. The van der Waals surface area contributed by atoms with Gasteiger partial charge in [-0.15, -0.1) is 0 Å². The highest BCUT2D eigenvalue weighted by atomic mass is 16.5. The molecule has 0 fully saturated rings. The van der Waals surface area contributed by atoms with E-state index in [4.69, 9.17) is 14.0 Å². The van der Waals surface area contributed by atoms with Crippen molar-refractivity contribution < 1.29 is 23.6 Å². The lowest BCUT2D eigenvalue weighted by Gasteiger charge is -2.09. The molecule has 116 valence electrons. The molecule has 7 heteroatoms. The molecule has 0 bridgehead atoms. The lowest BCUT2D eigenvalue weighted by molar-refractivity contribution is -0.119. The maximum absolute atomic E-state index is 12.0. The van der Waals surface area contributed by atoms with Gasteiger partial charge in [-0.1, -0.05) is 17.3 Å². The van der Waals surface area contributed by atoms with Crippen LogP contribution in [0.1, 0.15) is 23.0 Å². The number of nitrogens with one attached hydrogen (secondary N) is 1. The Balaban J connectivity index is 1.91. The summed E-state index contributed by atoms with van der Waals surface area (Å²) in [4.78, 5) is 23.7. The van der Waals surface area contributed by atoms with E-state index in [0.29, 0.717) is 18.1 Å². The number of aryl methyl sites for hydroxylation is 1. The maximum Gasteiger partial charge on any atom is 0.342 e. The fourth-order valence-corrected chi connectivity index (χ4v) is 1.73. The number of ether oxygens (including phenoxy) is 2. The number of hydrogen-bond acceptors (Lipinski definition) is 6. The third-order valence-corrected chi connectivity index (χ3v) is 2.64. The number of carbonyl (C=O) groups is 2. The first-order valence-corrected chi connectivity index (χ1v) is 6.72. The molecule has 1 amide bonds. The van der Waals surface area contributed by atoms with Crippen LogP contribution >= 0.6 is 0 Å². The van der Waals surface area contributed by atoms with E-state index < -0.39 is 18.5 Å². The monoisotopic (exact) mass is 304 g/mol. The third-order valence-electron chi connectivity index (χ3n) is 2.64. The normalized spacial score (nSPS) is 10.1. The molecule has 2 aromatic rings. The first kappa shape index (κ1) is 15.6. The van der Waals surface area contributed by atoms with E-state index in [1.165, 1.54) is 0 Å². The molecule has 0 aliphatic rings. The summed E-state index contributed by atoms with van der Waals surface area (Å²) in [5.74, 6) is 0.125. The molecule has 1 aromatic carbocycles. The molecule has 1 aromatic heterocycles. The third kappa shape index (κ3) is 4.08. The van der Waals surface area contributed by atoms with Gasteiger partial charge in [0.05, 0.1) is 6.61 Å². The van der Waals surface area contributed by atoms with Crippen molar-refractivity contribution in [3.05, 3.63) is 41.7 Å². The molecule has 0 spiro atoms. The molecule has 2 rings (SSSR count). The van der Waals surface area contributed by atoms with Gasteiger partial charge in [0.25, 0.3) is 5.91 Å². The van der Waals surface area contributed by atoms with Crippen molar-refractivity contribution in [1.29, 1.82) is 0 Å². The minimum atomic E-state index is -0.629. The van der Waals surface area contributed by atoms with Gasteiger partial charge in [0.2, 0.25) is 0 Å². The van der Waals surface area contributed by atoms with Crippen molar-refractivity contribution >= 4 is 17.7 Å². The van der Waals surface area contributed by atoms with Gasteiger partial charge in [-0.05, 0) is 26.0 Å². The summed E-state index contributed by atoms with van der Waals surface area (Å²) in [6.45, 7) is 3.52. The second-order valence-electron chi connectivity index (χ2n) is 4.38. The number of nitrogens with zero attached hydrogens (tertiary/aromatic N) is 1. The molecule has 7 nitrogen and oxygen atoms in total. The minimum Gasteiger partial charge on any atom is -0.493 e. The lowest BCUT2D eigenvalue weighted by Crippen LogP contribution is -2.21. The van der Waals surface area contributed by atoms with Gasteiger partial charge in [0, 0.05) is 6.07 Å². The van der Waals surface area contributed by atoms with Gasteiger partial charge in [-0.3, -0.25) is 4.79 Å². The summed E-state index contributed by atoms with van der Waals surface area (Å²) in [7, 11) is 0. The molecular weight excluding hydrogens is 288 g/mol. The highest BCUT2D eigenvalue weighted by molar-refractivity contribution is 5.96. The Labute approximate surface area is 127 Å². The molecule has 1 heterocycles. The fourth-order valence-electron chi connectivity index (χ4n) is 1.73. The molecule has 0 unspecified atom stereocenters. The Hall–Kier alpha value is -2.83. The highest BCUT2D eigenvalue weighted by Gasteiger charge is 2.15. The molecule has 0 saturated heterocycles. The van der Waals surface area contributed by atoms with Gasteiger partial charge >= 0.3 is 5.97 Å². The molecular formula is C15H16N2O5. The number of carbonyl (C=O) groups excluding carboxylic acids is 2. The Morgan fingerprint density at radius 1 is 1.32 bits per heavy atom. The Kier molecular flexibility index (Phi) is 5.13. The fraction of sp³-hybridized carbons (Fsp3) is 0.267. The molecule has 0 radical (unpaired) electrons. The molecule has 22 heavy (non-hydrogen) atoms. The van der Waals surface area contributed by atoms with Crippen LogP contribution in [0, 0.1) is 6.92 Å². The molecule has 1 N–H and O–H groups in total. The average molecular weight is 304 g/mol. The van der Waals surface area contributed by atoms with Crippen LogP contribution in [0.4, 0.5) is 5.82 Å². The second kappa shape index (κ2) is 7.26. The van der Waals surface area contributed by atoms with Crippen molar-refractivity contribution in [2.45, 2.75) is 13.8 Å². The summed E-state index contributed by atoms with van der Waals surface area (Å²) < 4.78 is 15.1. The maximum atomic E-state index is 12.0. The van der Waals surface area contributed by atoms with Gasteiger partial charge in [-0.25, -0.2) is 4.79 Å². The van der Waals surface area contributed by atoms with E-state index in [-0.39, 0.29) is 11.4 Å². The number of amides is 1. The summed E-state index contributed by atoms with van der Waals surface area (Å²) in [6, 6.07) is 8.24. The Morgan fingerprint density at radius 2 is 2.09 bits per heavy atom. The number of hydrogen-bond donors (Lipinski definition) is 1. The van der Waals surface area contributed by atoms with Gasteiger partial charge in [0.15, 0.2) is 12.4 Å². The van der Waals surface area contributed by atoms with Crippen LogP contribution in [0.25, 0.3) is 0 Å². The van der Waals surface area contributed by atoms with Crippen LogP contribution in [-0.4, -0.2) is 30.2 Å². The van der Waals surface area contributed by atoms with E-state index in [2.05, 4.69) is 10.5 Å². The predicted octanol–water partition coefficient (Wildman–Crippen LogP) is 2.18. The van der Waals surface area contributed by atoms with E-state index in [1.807, 2.05) is 6.92 Å². The number of aromatic nitrogens is 1. The largest absolute Gasteiger partial charge is 0.493 e. The van der Waals surface area contributed by atoms with E-state index in [0.717, 1.165) is 0 Å². The average Bonchev–Trinajstić information content (AvgIpc) is 2.91. The number of para-hydroxylation sites is 1. The van der Waals surface area contributed by atoms with Crippen LogP contribution in [0.3, 0.4) is 0 Å². The molecule has 0 aliphatic carbocycles. The van der Waals surface area contributed by atoms with E-state index in [9.17, 15) is 9.59 Å².